The number of anilines is 1. The van der Waals surface area contributed by atoms with Crippen LogP contribution in [0.25, 0.3) is 0 Å². The highest BCUT2D eigenvalue weighted by atomic mass is 79.9. The van der Waals surface area contributed by atoms with Crippen molar-refractivity contribution in [1.82, 2.24) is 5.32 Å². The Bertz CT molecular complexity index is 739. The summed E-state index contributed by atoms with van der Waals surface area (Å²) in [5.74, 6) is -2.62. The molecule has 0 saturated carbocycles. The van der Waals surface area contributed by atoms with Crippen LogP contribution in [0.15, 0.2) is 46.9 Å². The van der Waals surface area contributed by atoms with E-state index in [2.05, 4.69) is 26.6 Å². The minimum Gasteiger partial charge on any atom is -0.484 e. The number of nitrogens with one attached hydrogen (secondary N) is 2. The predicted molar refractivity (Wildman–Crippen MR) is 87.6 cm³/mol. The van der Waals surface area contributed by atoms with Crippen LogP contribution in [-0.4, -0.2) is 25.0 Å². The van der Waals surface area contributed by atoms with E-state index in [9.17, 15) is 18.4 Å². The van der Waals surface area contributed by atoms with E-state index in [0.717, 1.165) is 16.6 Å². The number of amides is 2. The Morgan fingerprint density at radius 3 is 2.38 bits per heavy atom. The van der Waals surface area contributed by atoms with Crippen LogP contribution in [0.4, 0.5) is 14.5 Å². The third kappa shape index (κ3) is 5.62. The van der Waals surface area contributed by atoms with E-state index >= 15 is 0 Å². The minimum atomic E-state index is -1.07. The molecule has 0 radical (unpaired) electrons. The molecule has 0 unspecified atom stereocenters. The van der Waals surface area contributed by atoms with Gasteiger partial charge < -0.3 is 15.4 Å². The van der Waals surface area contributed by atoms with Crippen LogP contribution in [0.2, 0.25) is 0 Å². The molecule has 0 aromatic heterocycles. The number of ether oxygens (including phenoxy) is 1. The number of carbonyl (C=O) groups excluding carboxylic acids is 2. The van der Waals surface area contributed by atoms with E-state index in [4.69, 9.17) is 4.74 Å². The second-order valence-electron chi connectivity index (χ2n) is 4.70. The quantitative estimate of drug-likeness (QED) is 0.785. The van der Waals surface area contributed by atoms with Gasteiger partial charge in [-0.3, -0.25) is 9.59 Å². The molecule has 5 nitrogen and oxygen atoms in total. The largest absolute Gasteiger partial charge is 0.484 e. The zero-order chi connectivity index (χ0) is 17.5. The number of benzene rings is 2. The zero-order valence-corrected chi connectivity index (χ0v) is 13.9. The first-order chi connectivity index (χ1) is 11.4. The Morgan fingerprint density at radius 2 is 1.71 bits per heavy atom. The van der Waals surface area contributed by atoms with Gasteiger partial charge in [0.15, 0.2) is 18.2 Å². The lowest BCUT2D eigenvalue weighted by Crippen LogP contribution is -2.35. The summed E-state index contributed by atoms with van der Waals surface area (Å²) in [4.78, 5) is 23.2. The van der Waals surface area contributed by atoms with Gasteiger partial charge in [0, 0.05) is 16.2 Å². The predicted octanol–water partition coefficient (Wildman–Crippen LogP) is 2.86. The van der Waals surface area contributed by atoms with Crippen molar-refractivity contribution in [2.24, 2.45) is 0 Å². The van der Waals surface area contributed by atoms with Gasteiger partial charge in [-0.15, -0.1) is 0 Å². The van der Waals surface area contributed by atoms with Crippen LogP contribution in [0.5, 0.6) is 5.75 Å². The summed E-state index contributed by atoms with van der Waals surface area (Å²) >= 11 is 3.28. The molecule has 0 atom stereocenters. The fourth-order valence-electron chi connectivity index (χ4n) is 1.69. The molecule has 0 spiro atoms. The highest BCUT2D eigenvalue weighted by Gasteiger charge is 2.08. The highest BCUT2D eigenvalue weighted by Crippen LogP contribution is 2.16. The Balaban J connectivity index is 1.73. The lowest BCUT2D eigenvalue weighted by molar-refractivity contribution is -0.125. The molecule has 0 fully saturated rings. The van der Waals surface area contributed by atoms with Crippen LogP contribution in [-0.2, 0) is 9.59 Å². The van der Waals surface area contributed by atoms with Crippen molar-refractivity contribution in [1.29, 1.82) is 0 Å². The Morgan fingerprint density at radius 1 is 1.00 bits per heavy atom. The van der Waals surface area contributed by atoms with E-state index in [1.165, 1.54) is 6.07 Å². The molecule has 0 aliphatic heterocycles. The second kappa shape index (κ2) is 8.39. The average Bonchev–Trinajstić information content (AvgIpc) is 2.56. The summed E-state index contributed by atoms with van der Waals surface area (Å²) in [5, 5.41) is 4.70. The van der Waals surface area contributed by atoms with Crippen molar-refractivity contribution in [2.75, 3.05) is 18.5 Å². The fourth-order valence-corrected chi connectivity index (χ4v) is 1.95. The minimum absolute atomic E-state index is 0.0965. The molecular formula is C16H13BrF2N2O3. The first-order valence-corrected chi connectivity index (χ1v) is 7.63. The molecule has 2 aromatic rings. The third-order valence-electron chi connectivity index (χ3n) is 2.83. The van der Waals surface area contributed by atoms with Crippen molar-refractivity contribution >= 4 is 33.4 Å². The van der Waals surface area contributed by atoms with Gasteiger partial charge in [-0.05, 0) is 36.4 Å². The molecule has 0 saturated heterocycles. The van der Waals surface area contributed by atoms with Crippen molar-refractivity contribution in [2.45, 2.75) is 0 Å². The van der Waals surface area contributed by atoms with Crippen LogP contribution in [0.3, 0.4) is 0 Å². The normalized spacial score (nSPS) is 10.1. The first-order valence-electron chi connectivity index (χ1n) is 6.84. The Kier molecular flexibility index (Phi) is 6.25. The van der Waals surface area contributed by atoms with E-state index in [-0.39, 0.29) is 18.8 Å². The lowest BCUT2D eigenvalue weighted by atomic mass is 10.3. The highest BCUT2D eigenvalue weighted by molar-refractivity contribution is 9.10. The van der Waals surface area contributed by atoms with E-state index in [0.29, 0.717) is 5.75 Å². The van der Waals surface area contributed by atoms with Gasteiger partial charge in [-0.1, -0.05) is 15.9 Å². The molecule has 2 rings (SSSR count). The maximum atomic E-state index is 13.0. The van der Waals surface area contributed by atoms with Gasteiger partial charge in [-0.25, -0.2) is 8.78 Å². The van der Waals surface area contributed by atoms with E-state index in [1.54, 1.807) is 24.3 Å². The SMILES string of the molecule is O=C(COc1ccc(Br)cc1)NCC(=O)Nc1ccc(F)c(F)c1. The average molecular weight is 399 g/mol. The standard InChI is InChI=1S/C16H13BrF2N2O3/c17-10-1-4-12(5-2-10)24-9-16(23)20-8-15(22)21-11-3-6-13(18)14(19)7-11/h1-7H,8-9H2,(H,20,23)(H,21,22). The van der Waals surface area contributed by atoms with E-state index in [1.807, 2.05) is 0 Å². The molecule has 24 heavy (non-hydrogen) atoms. The van der Waals surface area contributed by atoms with Crippen LogP contribution in [0, 0.1) is 11.6 Å². The molecule has 126 valence electrons. The monoisotopic (exact) mass is 398 g/mol. The number of carbonyl (C=O) groups is 2. The fraction of sp³-hybridized carbons (Fsp3) is 0.125. The molecule has 0 bridgehead atoms. The topological polar surface area (TPSA) is 67.4 Å². The molecule has 8 heteroatoms. The number of rotatable bonds is 6. The van der Waals surface area contributed by atoms with Crippen LogP contribution >= 0.6 is 15.9 Å². The van der Waals surface area contributed by atoms with Gasteiger partial charge in [0.05, 0.1) is 6.54 Å². The van der Waals surface area contributed by atoms with Gasteiger partial charge in [-0.2, -0.15) is 0 Å². The summed E-state index contributed by atoms with van der Waals surface area (Å²) in [6, 6.07) is 9.88. The van der Waals surface area contributed by atoms with Gasteiger partial charge >= 0.3 is 0 Å². The second-order valence-corrected chi connectivity index (χ2v) is 5.61. The lowest BCUT2D eigenvalue weighted by Gasteiger charge is -2.08. The summed E-state index contributed by atoms with van der Waals surface area (Å²) in [6.07, 6.45) is 0. The number of halogens is 3. The van der Waals surface area contributed by atoms with E-state index < -0.39 is 23.4 Å². The smallest absolute Gasteiger partial charge is 0.258 e. The Hall–Kier alpha value is -2.48. The van der Waals surface area contributed by atoms with Crippen molar-refractivity contribution in [3.05, 3.63) is 58.6 Å². The molecule has 0 aliphatic carbocycles. The first kappa shape index (κ1) is 17.9. The maximum Gasteiger partial charge on any atom is 0.258 e. The number of hydrogen-bond acceptors (Lipinski definition) is 3. The summed E-state index contributed by atoms with van der Waals surface area (Å²) in [6.45, 7) is -0.568. The molecule has 2 N–H and O–H groups in total. The number of hydrogen-bond donors (Lipinski definition) is 2. The molecule has 0 heterocycles. The van der Waals surface area contributed by atoms with Gasteiger partial charge in [0.1, 0.15) is 5.75 Å². The van der Waals surface area contributed by atoms with Crippen molar-refractivity contribution in [3.8, 4) is 5.75 Å². The van der Waals surface area contributed by atoms with Gasteiger partial charge in [0.2, 0.25) is 5.91 Å². The molecule has 0 aliphatic rings. The summed E-state index contributed by atoms with van der Waals surface area (Å²) in [7, 11) is 0. The van der Waals surface area contributed by atoms with Crippen molar-refractivity contribution in [3.63, 3.8) is 0 Å². The third-order valence-corrected chi connectivity index (χ3v) is 3.36. The zero-order valence-electron chi connectivity index (χ0n) is 12.3. The van der Waals surface area contributed by atoms with Gasteiger partial charge in [0.25, 0.3) is 5.91 Å². The molecule has 2 aromatic carbocycles. The Labute approximate surface area is 145 Å². The summed E-state index contributed by atoms with van der Waals surface area (Å²) in [5.41, 5.74) is 0.0965. The summed E-state index contributed by atoms with van der Waals surface area (Å²) < 4.78 is 31.9. The van der Waals surface area contributed by atoms with Crippen LogP contribution < -0.4 is 15.4 Å². The van der Waals surface area contributed by atoms with Crippen molar-refractivity contribution < 1.29 is 23.1 Å². The maximum absolute atomic E-state index is 13.0. The van der Waals surface area contributed by atoms with Crippen LogP contribution in [0.1, 0.15) is 0 Å². The molecule has 2 amide bonds. The molecular weight excluding hydrogens is 386 g/mol.